The second kappa shape index (κ2) is 6.61. The van der Waals surface area contributed by atoms with Crippen LogP contribution in [0.2, 0.25) is 0 Å². The van der Waals surface area contributed by atoms with Crippen LogP contribution in [-0.2, 0) is 11.2 Å². The Kier molecular flexibility index (Phi) is 4.26. The van der Waals surface area contributed by atoms with Gasteiger partial charge in [-0.2, -0.15) is 0 Å². The Hall–Kier alpha value is -3.02. The van der Waals surface area contributed by atoms with Crippen molar-refractivity contribution in [1.29, 1.82) is 0 Å². The Labute approximate surface area is 153 Å². The highest BCUT2D eigenvalue weighted by Crippen LogP contribution is 2.42. The van der Waals surface area contributed by atoms with Crippen LogP contribution in [0.5, 0.6) is 5.75 Å². The van der Waals surface area contributed by atoms with Gasteiger partial charge in [0.2, 0.25) is 0 Å². The van der Waals surface area contributed by atoms with E-state index in [-0.39, 0.29) is 5.56 Å². The highest BCUT2D eigenvalue weighted by Gasteiger charge is 2.28. The molecule has 0 N–H and O–H groups in total. The summed E-state index contributed by atoms with van der Waals surface area (Å²) in [7, 11) is 1.31. The van der Waals surface area contributed by atoms with Gasteiger partial charge in [0.1, 0.15) is 17.7 Å². The average molecular weight is 372 g/mol. The molecule has 138 valence electrons. The fourth-order valence-corrected chi connectivity index (χ4v) is 3.50. The molecule has 0 amide bonds. The zero-order valence-electron chi connectivity index (χ0n) is 14.4. The minimum Gasteiger partial charge on any atom is -0.485 e. The highest BCUT2D eigenvalue weighted by atomic mass is 19.2. The van der Waals surface area contributed by atoms with Gasteiger partial charge in [-0.25, -0.2) is 18.0 Å². The van der Waals surface area contributed by atoms with Gasteiger partial charge in [-0.15, -0.1) is 0 Å². The molecule has 1 aliphatic rings. The van der Waals surface area contributed by atoms with Gasteiger partial charge < -0.3 is 9.47 Å². The molecule has 0 aliphatic carbocycles. The quantitative estimate of drug-likeness (QED) is 0.463. The predicted molar refractivity (Wildman–Crippen MR) is 93.3 cm³/mol. The first-order valence-corrected chi connectivity index (χ1v) is 8.43. The zero-order valence-corrected chi connectivity index (χ0v) is 14.4. The van der Waals surface area contributed by atoms with Crippen molar-refractivity contribution in [3.8, 4) is 5.75 Å². The molecule has 4 rings (SSSR count). The van der Waals surface area contributed by atoms with Crippen molar-refractivity contribution in [2.24, 2.45) is 0 Å². The summed E-state index contributed by atoms with van der Waals surface area (Å²) in [6.07, 6.45) is 0.112. The van der Waals surface area contributed by atoms with Gasteiger partial charge in [0, 0.05) is 17.0 Å². The molecule has 0 spiro atoms. The lowest BCUT2D eigenvalue weighted by Crippen LogP contribution is -2.18. The maximum absolute atomic E-state index is 14.2. The topological polar surface area (TPSA) is 35.5 Å². The number of methoxy groups -OCH3 is 1. The van der Waals surface area contributed by atoms with Gasteiger partial charge in [0.25, 0.3) is 0 Å². The summed E-state index contributed by atoms with van der Waals surface area (Å²) in [5, 5.41) is 1.33. The molecule has 3 nitrogen and oxygen atoms in total. The molecule has 1 atom stereocenters. The largest absolute Gasteiger partial charge is 0.485 e. The van der Waals surface area contributed by atoms with Crippen LogP contribution in [0.4, 0.5) is 13.2 Å². The lowest BCUT2D eigenvalue weighted by molar-refractivity contribution is 0.0602. The predicted octanol–water partition coefficient (Wildman–Crippen LogP) is 5.11. The van der Waals surface area contributed by atoms with Gasteiger partial charge in [-0.3, -0.25) is 0 Å². The van der Waals surface area contributed by atoms with E-state index in [1.807, 2.05) is 0 Å². The molecule has 1 unspecified atom stereocenters. The molecule has 3 aromatic rings. The van der Waals surface area contributed by atoms with Crippen LogP contribution >= 0.6 is 0 Å². The number of hydrogen-bond acceptors (Lipinski definition) is 3. The standard InChI is InChI=1S/C21H15F3O3/c1-26-21(25)14-8-11-6-7-19(15-9-17(23)18(24)10-16(15)22)27-20(11)13-5-3-2-4-12(13)14/h2-5,8-10,19H,6-7H2,1H3. The van der Waals surface area contributed by atoms with Crippen molar-refractivity contribution in [3.05, 3.63) is 76.6 Å². The van der Waals surface area contributed by atoms with E-state index in [0.29, 0.717) is 41.0 Å². The Morgan fingerprint density at radius 1 is 1.04 bits per heavy atom. The van der Waals surface area contributed by atoms with Crippen molar-refractivity contribution >= 4 is 16.7 Å². The minimum atomic E-state index is -1.24. The molecule has 27 heavy (non-hydrogen) atoms. The smallest absolute Gasteiger partial charge is 0.338 e. The third-order valence-electron chi connectivity index (χ3n) is 4.80. The van der Waals surface area contributed by atoms with Gasteiger partial charge in [-0.05, 0) is 35.9 Å². The number of halogens is 3. The molecule has 1 aliphatic heterocycles. The van der Waals surface area contributed by atoms with Gasteiger partial charge in [0.15, 0.2) is 11.6 Å². The summed E-state index contributed by atoms with van der Waals surface area (Å²) in [5.41, 5.74) is 1.18. The van der Waals surface area contributed by atoms with E-state index < -0.39 is 29.5 Å². The summed E-state index contributed by atoms with van der Waals surface area (Å²) < 4.78 is 51.8. The number of esters is 1. The van der Waals surface area contributed by atoms with Crippen molar-refractivity contribution < 1.29 is 27.4 Å². The summed E-state index contributed by atoms with van der Waals surface area (Å²) in [5.74, 6) is -3.15. The number of ether oxygens (including phenoxy) is 2. The molecule has 0 bridgehead atoms. The van der Waals surface area contributed by atoms with Crippen LogP contribution in [0.25, 0.3) is 10.8 Å². The Morgan fingerprint density at radius 3 is 2.48 bits per heavy atom. The number of carbonyl (C=O) groups excluding carboxylic acids is 1. The van der Waals surface area contributed by atoms with Crippen molar-refractivity contribution in [3.63, 3.8) is 0 Å². The number of hydrogen-bond donors (Lipinski definition) is 0. The Morgan fingerprint density at radius 2 is 1.74 bits per heavy atom. The molecule has 0 saturated heterocycles. The van der Waals surface area contributed by atoms with Crippen LogP contribution in [0.3, 0.4) is 0 Å². The van der Waals surface area contributed by atoms with Gasteiger partial charge in [0.05, 0.1) is 12.7 Å². The summed E-state index contributed by atoms with van der Waals surface area (Å²) >= 11 is 0. The van der Waals surface area contributed by atoms with Crippen LogP contribution in [0, 0.1) is 17.5 Å². The van der Waals surface area contributed by atoms with Gasteiger partial charge >= 0.3 is 5.97 Å². The number of rotatable bonds is 2. The Balaban J connectivity index is 1.83. The first-order chi connectivity index (χ1) is 13.0. The monoisotopic (exact) mass is 372 g/mol. The molecule has 6 heteroatoms. The number of benzene rings is 3. The van der Waals surface area contributed by atoms with E-state index in [1.165, 1.54) is 7.11 Å². The van der Waals surface area contributed by atoms with Crippen LogP contribution in [0.1, 0.15) is 34.0 Å². The molecule has 0 saturated carbocycles. The second-order valence-corrected chi connectivity index (χ2v) is 6.38. The number of fused-ring (bicyclic) bond motifs is 3. The van der Waals surface area contributed by atoms with Crippen molar-refractivity contribution in [2.75, 3.05) is 7.11 Å². The van der Waals surface area contributed by atoms with E-state index in [2.05, 4.69) is 0 Å². The van der Waals surface area contributed by atoms with E-state index >= 15 is 0 Å². The Bertz CT molecular complexity index is 1060. The lowest BCUT2D eigenvalue weighted by Gasteiger charge is -2.28. The zero-order chi connectivity index (χ0) is 19.1. The van der Waals surface area contributed by atoms with Crippen LogP contribution in [0.15, 0.2) is 42.5 Å². The number of aryl methyl sites for hydroxylation is 1. The maximum Gasteiger partial charge on any atom is 0.338 e. The SMILES string of the molecule is COC(=O)c1cc2c(c3ccccc13)OC(c1cc(F)c(F)cc1F)CC2. The summed E-state index contributed by atoms with van der Waals surface area (Å²) in [6.45, 7) is 0. The fraction of sp³-hybridized carbons (Fsp3) is 0.190. The lowest BCUT2D eigenvalue weighted by atomic mass is 9.92. The fourth-order valence-electron chi connectivity index (χ4n) is 3.50. The third kappa shape index (κ3) is 2.91. The van der Waals surface area contributed by atoms with Crippen molar-refractivity contribution in [1.82, 2.24) is 0 Å². The molecule has 1 heterocycles. The highest BCUT2D eigenvalue weighted by molar-refractivity contribution is 6.07. The molecule has 0 aromatic heterocycles. The minimum absolute atomic E-state index is 0.0272. The molecule has 0 fully saturated rings. The summed E-state index contributed by atoms with van der Waals surface area (Å²) in [6, 6.07) is 10.2. The summed E-state index contributed by atoms with van der Waals surface area (Å²) in [4.78, 5) is 12.1. The molecule has 3 aromatic carbocycles. The van der Waals surface area contributed by atoms with E-state index in [9.17, 15) is 18.0 Å². The van der Waals surface area contributed by atoms with Gasteiger partial charge in [-0.1, -0.05) is 24.3 Å². The van der Waals surface area contributed by atoms with E-state index in [4.69, 9.17) is 9.47 Å². The normalized spacial score (nSPS) is 15.9. The first-order valence-electron chi connectivity index (χ1n) is 8.43. The second-order valence-electron chi connectivity index (χ2n) is 6.38. The average Bonchev–Trinajstić information content (AvgIpc) is 2.69. The van der Waals surface area contributed by atoms with Crippen LogP contribution < -0.4 is 4.74 Å². The maximum atomic E-state index is 14.2. The molecular weight excluding hydrogens is 357 g/mol. The third-order valence-corrected chi connectivity index (χ3v) is 4.80. The first kappa shape index (κ1) is 17.4. The molecule has 0 radical (unpaired) electrons. The molecular formula is C21H15F3O3. The van der Waals surface area contributed by atoms with E-state index in [1.54, 1.807) is 30.3 Å². The number of carbonyl (C=O) groups is 1. The van der Waals surface area contributed by atoms with Crippen molar-refractivity contribution in [2.45, 2.75) is 18.9 Å². The van der Waals surface area contributed by atoms with E-state index in [0.717, 1.165) is 11.6 Å². The van der Waals surface area contributed by atoms with Crippen LogP contribution in [-0.4, -0.2) is 13.1 Å².